The number of fused-ring (bicyclic) bond motifs is 3. The first kappa shape index (κ1) is 89.4. The SMILES string of the molecule is COc1cc2c(Oc3ccc(NC(=O)C4(C(=O)Nc5ccccc5)CC4)cc3F)ccnc2cc1OCC1OCCCC12CC2.Cc1ccc(NC(=O)C2(C(=O)Nc3ccc(Oc4ccnc5cc(OCC6OCCCC67CC7)ccc45)cn3)CC2)cc1.O=C(Nc1ccccc1)C1(C(=O)Nc2ccc(Oc3ccnc4cc(OCC(O)CN5CC(O)C6(CC6)C5)ccc34)c(F)c2)CC1. The molecule has 9 aliphatic rings. The molecule has 6 saturated carbocycles. The number of halogens is 2. The van der Waals surface area contributed by atoms with E-state index in [0.29, 0.717) is 155 Å². The number of aromatic nitrogens is 4. The molecule has 30 heteroatoms. The van der Waals surface area contributed by atoms with E-state index in [0.717, 1.165) is 73.7 Å². The Morgan fingerprint density at radius 1 is 0.425 bits per heavy atom. The van der Waals surface area contributed by atoms with E-state index in [2.05, 4.69) is 56.7 Å². The second kappa shape index (κ2) is 37.7. The molecule has 9 fully saturated rings. The molecule has 134 heavy (non-hydrogen) atoms. The van der Waals surface area contributed by atoms with Crippen LogP contribution in [0.2, 0.25) is 0 Å². The number of para-hydroxylation sites is 2. The summed E-state index contributed by atoms with van der Waals surface area (Å²) in [6.07, 6.45) is 19.7. The molecule has 3 aliphatic heterocycles. The lowest BCUT2D eigenvalue weighted by Crippen LogP contribution is -2.36. The molecule has 6 aliphatic carbocycles. The van der Waals surface area contributed by atoms with Crippen molar-refractivity contribution in [2.45, 2.75) is 134 Å². The minimum atomic E-state index is -1.19. The van der Waals surface area contributed by atoms with E-state index in [4.69, 9.17) is 42.6 Å². The number of nitrogens with one attached hydrogen (secondary N) is 6. The highest BCUT2D eigenvalue weighted by atomic mass is 19.1. The molecular weight excluding hydrogens is 1710 g/mol. The van der Waals surface area contributed by atoms with E-state index >= 15 is 8.78 Å². The molecule has 4 atom stereocenters. The molecule has 3 spiro atoms. The zero-order valence-electron chi connectivity index (χ0n) is 74.2. The van der Waals surface area contributed by atoms with Gasteiger partial charge in [-0.05, 0) is 231 Å². The van der Waals surface area contributed by atoms with Crippen LogP contribution < -0.4 is 65.1 Å². The van der Waals surface area contributed by atoms with Gasteiger partial charge < -0.3 is 84.7 Å². The number of carbonyl (C=O) groups is 6. The molecule has 0 radical (unpaired) electrons. The molecule has 690 valence electrons. The summed E-state index contributed by atoms with van der Waals surface area (Å²) in [6, 6.07) is 56.7. The first-order valence-electron chi connectivity index (χ1n) is 45.6. The number of nitrogens with zero attached hydrogens (tertiary/aromatic N) is 5. The number of hydrogen-bond donors (Lipinski definition) is 8. The third-order valence-electron chi connectivity index (χ3n) is 27.3. The van der Waals surface area contributed by atoms with Crippen LogP contribution >= 0.6 is 0 Å². The number of carbonyl (C=O) groups excluding carboxylic acids is 6. The summed E-state index contributed by atoms with van der Waals surface area (Å²) in [5.41, 5.74) is 2.51. The highest BCUT2D eigenvalue weighted by Gasteiger charge is 2.60. The van der Waals surface area contributed by atoms with Crippen molar-refractivity contribution < 1.29 is 90.4 Å². The Kier molecular flexibility index (Phi) is 25.2. The van der Waals surface area contributed by atoms with Crippen molar-refractivity contribution in [2.75, 3.05) is 91.7 Å². The van der Waals surface area contributed by atoms with Crippen LogP contribution in [0.25, 0.3) is 32.7 Å². The van der Waals surface area contributed by atoms with Crippen LogP contribution in [0.1, 0.15) is 108 Å². The Morgan fingerprint density at radius 3 is 1.33 bits per heavy atom. The first-order chi connectivity index (χ1) is 65.0. The number of anilines is 6. The smallest absolute Gasteiger partial charge is 0.241 e. The molecule has 6 amide bonds. The van der Waals surface area contributed by atoms with Crippen molar-refractivity contribution in [3.8, 4) is 57.5 Å². The number of rotatable bonds is 30. The van der Waals surface area contributed by atoms with Crippen molar-refractivity contribution in [3.05, 3.63) is 242 Å². The zero-order valence-corrected chi connectivity index (χ0v) is 74.2. The topological polar surface area (TPSA) is 353 Å². The predicted molar refractivity (Wildman–Crippen MR) is 498 cm³/mol. The Labute approximate surface area is 771 Å². The molecule has 7 heterocycles. The summed E-state index contributed by atoms with van der Waals surface area (Å²) < 4.78 is 84.3. The standard InChI is InChI=1S/C35H35FN4O6.C35H34FN3O6.C34H34N4O5/c36-27-16-23(39-33(44)35(13-14-35)32(43)38-22-4-2-1-3-5-22)6-9-30(27)46-29-10-15-37-28-17-25(7-8-26(28)29)45-20-24(41)18-40-19-31(42)34(21-40)11-12-34;1-42-29-19-24-26(20-30(29)44-21-31-34(12-13-34)11-5-17-43-31)37-16-10-27(24)45-28-9-8-23(18-25(28)36)39-33(41)35(14-15-35)32(40)38-22-6-3-2-4-7-22;1-22-3-5-23(6-4-22)37-31(39)34(15-16-34)32(40)38-30-10-8-25(20-36-30)43-28-11-17-35-27-19-24(7-9-26(27)28)42-21-29-33(13-14-33)12-2-18-41-29/h1-10,15-17,24,31,41-42H,11-14,18-21H2,(H,38,43)(H,39,44);2-4,6-10,16,18-20,31H,5,11-15,17,21H2,1H3,(H,38,40)(H,39,41);3-11,17,19-20,29H,2,12-16,18,21H2,1H3,(H,37,39)(H,36,38,40). The maximum absolute atomic E-state index is 15.3. The fraction of sp³-hybridized carbons (Fsp3) is 0.346. The molecule has 4 aromatic heterocycles. The number of β-amino-alcohol motifs (C(OH)–C–C–N with tert-alkyl or cyclic N) is 2. The molecular formula is C104H103F2N11O17. The van der Waals surface area contributed by atoms with Gasteiger partial charge in [0.05, 0.1) is 48.2 Å². The van der Waals surface area contributed by atoms with Crippen LogP contribution in [0.15, 0.2) is 225 Å². The van der Waals surface area contributed by atoms with E-state index in [9.17, 15) is 39.0 Å². The maximum atomic E-state index is 15.3. The van der Waals surface area contributed by atoms with E-state index in [1.54, 1.807) is 141 Å². The average molecular weight is 1820 g/mol. The van der Waals surface area contributed by atoms with Gasteiger partial charge in [-0.2, -0.15) is 0 Å². The summed E-state index contributed by atoms with van der Waals surface area (Å²) >= 11 is 0. The van der Waals surface area contributed by atoms with E-state index in [-0.39, 0.29) is 82.3 Å². The lowest BCUT2D eigenvalue weighted by Gasteiger charge is -2.31. The number of aryl methyl sites for hydroxylation is 1. The Morgan fingerprint density at radius 2 is 0.866 bits per heavy atom. The van der Waals surface area contributed by atoms with Crippen molar-refractivity contribution >= 4 is 102 Å². The molecule has 4 unspecified atom stereocenters. The van der Waals surface area contributed by atoms with Crippen LogP contribution in [0.4, 0.5) is 43.0 Å². The number of likely N-dealkylation sites (tertiary alicyclic amines) is 1. The Hall–Kier alpha value is -13.8. The average Bonchev–Trinajstić information content (AvgIpc) is 1.60. The highest BCUT2D eigenvalue weighted by molar-refractivity contribution is 6.19. The van der Waals surface area contributed by atoms with Gasteiger partial charge in [0.15, 0.2) is 34.6 Å². The monoisotopic (exact) mass is 1820 g/mol. The van der Waals surface area contributed by atoms with Crippen molar-refractivity contribution in [1.82, 2.24) is 24.8 Å². The van der Waals surface area contributed by atoms with Gasteiger partial charge in [-0.1, -0.05) is 54.1 Å². The lowest BCUT2D eigenvalue weighted by molar-refractivity contribution is -0.132. The lowest BCUT2D eigenvalue weighted by atomic mass is 9.91. The van der Waals surface area contributed by atoms with Crippen LogP contribution in [0.5, 0.6) is 57.5 Å². The van der Waals surface area contributed by atoms with Crippen molar-refractivity contribution in [1.29, 1.82) is 0 Å². The minimum absolute atomic E-state index is 0.0347. The number of methoxy groups -OCH3 is 1. The first-order valence-corrected chi connectivity index (χ1v) is 45.6. The molecule has 12 aromatic rings. The molecule has 3 saturated heterocycles. The number of aliphatic hydroxyl groups is 2. The Balaban J connectivity index is 0.000000129. The van der Waals surface area contributed by atoms with Gasteiger partial charge in [0.25, 0.3) is 0 Å². The van der Waals surface area contributed by atoms with Crippen LogP contribution in [0, 0.1) is 51.0 Å². The molecule has 0 bridgehead atoms. The quantitative estimate of drug-likeness (QED) is 0.0194. The minimum Gasteiger partial charge on any atom is -0.493 e. The molecule has 21 rings (SSSR count). The number of pyridine rings is 4. The van der Waals surface area contributed by atoms with E-state index in [1.165, 1.54) is 68.9 Å². The van der Waals surface area contributed by atoms with Crippen molar-refractivity contribution in [2.24, 2.45) is 32.5 Å². The van der Waals surface area contributed by atoms with Crippen molar-refractivity contribution in [3.63, 3.8) is 0 Å². The van der Waals surface area contributed by atoms with Gasteiger partial charge in [-0.25, -0.2) is 13.8 Å². The third-order valence-corrected chi connectivity index (χ3v) is 27.3. The van der Waals surface area contributed by atoms with Gasteiger partial charge >= 0.3 is 0 Å². The van der Waals surface area contributed by atoms with E-state index in [1.807, 2.05) is 61.5 Å². The van der Waals surface area contributed by atoms with E-state index < -0.39 is 45.8 Å². The van der Waals surface area contributed by atoms with Gasteiger partial charge in [-0.15, -0.1) is 0 Å². The fourth-order valence-electron chi connectivity index (χ4n) is 18.1. The number of hydrogen-bond acceptors (Lipinski definition) is 22. The van der Waals surface area contributed by atoms with Gasteiger partial charge in [0, 0.05) is 143 Å². The Bertz CT molecular complexity index is 6420. The second-order valence-corrected chi connectivity index (χ2v) is 36.7. The summed E-state index contributed by atoms with van der Waals surface area (Å²) in [5, 5.41) is 39.5. The number of benzene rings is 8. The second-order valence-electron chi connectivity index (χ2n) is 36.7. The number of amides is 6. The zero-order chi connectivity index (χ0) is 92.4. The molecule has 8 aromatic carbocycles. The summed E-state index contributed by atoms with van der Waals surface area (Å²) in [6.45, 7) is 6.43. The van der Waals surface area contributed by atoms with Gasteiger partial charge in [-0.3, -0.25) is 48.6 Å². The van der Waals surface area contributed by atoms with Gasteiger partial charge in [0.1, 0.15) is 82.5 Å². The summed E-state index contributed by atoms with van der Waals surface area (Å²) in [4.78, 5) is 97.6. The maximum Gasteiger partial charge on any atom is 0.241 e. The third kappa shape index (κ3) is 19.8. The number of aliphatic hydroxyl groups excluding tert-OH is 2. The predicted octanol–water partition coefficient (Wildman–Crippen LogP) is 18.0. The largest absolute Gasteiger partial charge is 0.493 e. The fourth-order valence-corrected chi connectivity index (χ4v) is 18.1. The number of ether oxygens (including phenoxy) is 9. The normalized spacial score (nSPS) is 19.4. The van der Waals surface area contributed by atoms with Gasteiger partial charge in [0.2, 0.25) is 35.4 Å². The van der Waals surface area contributed by atoms with Crippen LogP contribution in [0.3, 0.4) is 0 Å². The van der Waals surface area contributed by atoms with Crippen LogP contribution in [-0.4, -0.2) is 155 Å². The molecule has 28 nitrogen and oxygen atoms in total. The van der Waals surface area contributed by atoms with Crippen LogP contribution in [-0.2, 0) is 38.2 Å². The summed E-state index contributed by atoms with van der Waals surface area (Å²) in [5.74, 6) is 0.740. The molecule has 8 N–H and O–H groups in total. The summed E-state index contributed by atoms with van der Waals surface area (Å²) in [7, 11) is 1.56. The highest BCUT2D eigenvalue weighted by Crippen LogP contribution is 2.58.